The van der Waals surface area contributed by atoms with Crippen LogP contribution in [0.25, 0.3) is 5.78 Å². The number of hydrogen-bond donors (Lipinski definition) is 3. The van der Waals surface area contributed by atoms with Crippen molar-refractivity contribution in [2.75, 3.05) is 0 Å². The van der Waals surface area contributed by atoms with Crippen LogP contribution in [0.2, 0.25) is 0 Å². The highest BCUT2D eigenvalue weighted by atomic mass is 32.1. The molecule has 84 valence electrons. The smallest absolute Gasteiger partial charge is 0.354 e. The van der Waals surface area contributed by atoms with Crippen molar-refractivity contribution < 1.29 is 15.0 Å². The lowest BCUT2D eigenvalue weighted by molar-refractivity contribution is 0.0690. The van der Waals surface area contributed by atoms with Crippen LogP contribution in [-0.4, -0.2) is 35.8 Å². The van der Waals surface area contributed by atoms with Crippen LogP contribution >= 0.6 is 12.2 Å². The molecule has 2 rings (SSSR count). The Kier molecular flexibility index (Phi) is 2.44. The Morgan fingerprint density at radius 2 is 2.31 bits per heavy atom. The van der Waals surface area contributed by atoms with Gasteiger partial charge in [0.15, 0.2) is 11.5 Å². The fourth-order valence-electron chi connectivity index (χ4n) is 1.19. The lowest BCUT2D eigenvalue weighted by Gasteiger charge is -1.95. The summed E-state index contributed by atoms with van der Waals surface area (Å²) in [6.07, 6.45) is -0.802. The first-order valence-electron chi connectivity index (χ1n) is 4.40. The highest BCUT2D eigenvalue weighted by Gasteiger charge is 2.12. The van der Waals surface area contributed by atoms with Gasteiger partial charge in [-0.1, -0.05) is 12.2 Å². The monoisotopic (exact) mass is 240 g/mol. The van der Waals surface area contributed by atoms with Gasteiger partial charge in [-0.15, -0.1) is 0 Å². The summed E-state index contributed by atoms with van der Waals surface area (Å²) in [4.78, 5) is 18.4. The average Bonchev–Trinajstić information content (AvgIpc) is 2.61. The molecule has 2 heterocycles. The van der Waals surface area contributed by atoms with Gasteiger partial charge in [0.05, 0.1) is 0 Å². The van der Waals surface area contributed by atoms with Crippen LogP contribution in [0.3, 0.4) is 0 Å². The fraction of sp³-hybridized carbons (Fsp3) is 0.250. The van der Waals surface area contributed by atoms with Crippen molar-refractivity contribution in [3.8, 4) is 0 Å². The third-order valence-electron chi connectivity index (χ3n) is 1.96. The summed E-state index contributed by atoms with van der Waals surface area (Å²) in [5.74, 6) is -0.767. The molecule has 0 saturated heterocycles. The average molecular weight is 240 g/mol. The lowest BCUT2D eigenvalue weighted by atomic mass is 10.4. The third-order valence-corrected chi connectivity index (χ3v) is 2.26. The zero-order valence-electron chi connectivity index (χ0n) is 8.21. The number of nitrogens with one attached hydrogen (secondary N) is 1. The van der Waals surface area contributed by atoms with Crippen LogP contribution in [-0.2, 0) is 0 Å². The Bertz CT molecular complexity index is 615. The van der Waals surface area contributed by atoms with E-state index in [0.29, 0.717) is 0 Å². The van der Waals surface area contributed by atoms with Crippen LogP contribution in [0, 0.1) is 4.64 Å². The fourth-order valence-corrected chi connectivity index (χ4v) is 1.43. The summed E-state index contributed by atoms with van der Waals surface area (Å²) >= 11 is 4.97. The molecule has 0 amide bonds. The molecule has 0 aliphatic carbocycles. The topological polar surface area (TPSA) is 104 Å². The van der Waals surface area contributed by atoms with E-state index in [1.165, 1.54) is 17.5 Å². The quantitative estimate of drug-likeness (QED) is 0.662. The highest BCUT2D eigenvalue weighted by molar-refractivity contribution is 7.71. The second-order valence-corrected chi connectivity index (χ2v) is 3.62. The van der Waals surface area contributed by atoms with Gasteiger partial charge in [0.2, 0.25) is 0 Å². The summed E-state index contributed by atoms with van der Waals surface area (Å²) in [7, 11) is 0. The van der Waals surface area contributed by atoms with Crippen molar-refractivity contribution >= 4 is 24.0 Å². The first-order chi connectivity index (χ1) is 7.49. The molecule has 1 unspecified atom stereocenters. The maximum atomic E-state index is 10.7. The second kappa shape index (κ2) is 3.65. The molecule has 0 radical (unpaired) electrons. The number of hydrogen-bond acceptors (Lipinski definition) is 5. The van der Waals surface area contributed by atoms with E-state index in [0.717, 1.165) is 0 Å². The van der Waals surface area contributed by atoms with Crippen LogP contribution in [0.5, 0.6) is 0 Å². The molecular weight excluding hydrogens is 232 g/mol. The minimum atomic E-state index is -1.17. The van der Waals surface area contributed by atoms with E-state index in [1.807, 2.05) is 0 Å². The van der Waals surface area contributed by atoms with Crippen molar-refractivity contribution in [2.45, 2.75) is 13.0 Å². The third kappa shape index (κ3) is 1.68. The second-order valence-electron chi connectivity index (χ2n) is 3.21. The van der Waals surface area contributed by atoms with E-state index >= 15 is 0 Å². The van der Waals surface area contributed by atoms with Crippen molar-refractivity contribution in [2.24, 2.45) is 0 Å². The predicted octanol–water partition coefficient (Wildman–Crippen LogP) is 0.538. The molecule has 0 spiro atoms. The van der Waals surface area contributed by atoms with Crippen LogP contribution in [0.15, 0.2) is 6.07 Å². The summed E-state index contributed by atoms with van der Waals surface area (Å²) in [6, 6.07) is 1.24. The molecule has 2 aromatic heterocycles. The number of carboxylic acid groups (broad SMARTS) is 1. The Morgan fingerprint density at radius 1 is 1.62 bits per heavy atom. The summed E-state index contributed by atoms with van der Waals surface area (Å²) in [5.41, 5.74) is -0.173. The molecule has 2 aromatic rings. The molecule has 0 aliphatic rings. The van der Waals surface area contributed by atoms with E-state index in [2.05, 4.69) is 15.1 Å². The van der Waals surface area contributed by atoms with E-state index in [4.69, 9.17) is 17.3 Å². The normalized spacial score (nSPS) is 12.9. The van der Waals surface area contributed by atoms with Crippen LogP contribution in [0.4, 0.5) is 0 Å². The number of fused-ring (bicyclic) bond motifs is 1. The van der Waals surface area contributed by atoms with Gasteiger partial charge in [0.25, 0.3) is 5.78 Å². The van der Waals surface area contributed by atoms with Crippen molar-refractivity contribution in [1.82, 2.24) is 19.6 Å². The molecule has 3 N–H and O–H groups in total. The van der Waals surface area contributed by atoms with E-state index in [-0.39, 0.29) is 21.9 Å². The molecule has 16 heavy (non-hydrogen) atoms. The van der Waals surface area contributed by atoms with Gasteiger partial charge in [-0.2, -0.15) is 4.98 Å². The number of carbonyl (C=O) groups is 1. The maximum absolute atomic E-state index is 10.7. The molecule has 0 saturated carbocycles. The number of nitrogens with zero attached hydrogens (tertiary/aromatic N) is 3. The number of aliphatic hydroxyl groups is 1. The molecule has 1 atom stereocenters. The minimum Gasteiger partial charge on any atom is -0.477 e. The molecule has 0 aromatic carbocycles. The molecule has 7 nitrogen and oxygen atoms in total. The first-order valence-corrected chi connectivity index (χ1v) is 4.81. The summed E-state index contributed by atoms with van der Waals surface area (Å²) < 4.78 is 1.57. The molecule has 0 bridgehead atoms. The van der Waals surface area contributed by atoms with Gasteiger partial charge in [-0.25, -0.2) is 14.3 Å². The molecule has 8 heteroatoms. The molecular formula is C8H8N4O3S. The van der Waals surface area contributed by atoms with Crippen LogP contribution < -0.4 is 0 Å². The molecule has 0 fully saturated rings. The Labute approximate surface area is 94.4 Å². The number of carboxylic acids is 1. The summed E-state index contributed by atoms with van der Waals surface area (Å²) in [5, 5.41) is 20.8. The number of aromatic nitrogens is 4. The Balaban J connectivity index is 2.73. The van der Waals surface area contributed by atoms with E-state index in [1.54, 1.807) is 0 Å². The largest absolute Gasteiger partial charge is 0.477 e. The van der Waals surface area contributed by atoms with Gasteiger partial charge in [-0.05, 0) is 6.92 Å². The highest BCUT2D eigenvalue weighted by Crippen LogP contribution is 2.09. The number of rotatable bonds is 2. The van der Waals surface area contributed by atoms with Gasteiger partial charge >= 0.3 is 5.97 Å². The lowest BCUT2D eigenvalue weighted by Crippen LogP contribution is -2.03. The predicted molar refractivity (Wildman–Crippen MR) is 55.8 cm³/mol. The number of aliphatic hydroxyl groups excluding tert-OH is 1. The van der Waals surface area contributed by atoms with Crippen LogP contribution in [0.1, 0.15) is 29.3 Å². The summed E-state index contributed by atoms with van der Waals surface area (Å²) in [6.45, 7) is 1.53. The SMILES string of the molecule is CC(O)c1nc2nc(C(=O)O)cc(=S)n2[nH]1. The Morgan fingerprint density at radius 3 is 2.88 bits per heavy atom. The van der Waals surface area contributed by atoms with Gasteiger partial charge in [0, 0.05) is 6.07 Å². The Hall–Kier alpha value is -1.80. The zero-order valence-corrected chi connectivity index (χ0v) is 9.02. The molecule has 0 aliphatic heterocycles. The van der Waals surface area contributed by atoms with Crippen molar-refractivity contribution in [3.05, 3.63) is 22.2 Å². The minimum absolute atomic E-state index is 0.126. The number of aromatic amines is 1. The van der Waals surface area contributed by atoms with E-state index in [9.17, 15) is 9.90 Å². The van der Waals surface area contributed by atoms with Gasteiger partial charge in [-0.3, -0.25) is 5.10 Å². The first kappa shape index (κ1) is 10.7. The maximum Gasteiger partial charge on any atom is 0.354 e. The van der Waals surface area contributed by atoms with Gasteiger partial charge < -0.3 is 10.2 Å². The number of aromatic carboxylic acids is 1. The standard InChI is InChI=1S/C8H8N4O3S/c1-3(13)6-10-8-9-4(7(14)15)2-5(16)12(8)11-6/h2-3,13H,1H3,(H,14,15)(H,9,10,11). The van der Waals surface area contributed by atoms with Crippen molar-refractivity contribution in [1.29, 1.82) is 0 Å². The zero-order chi connectivity index (χ0) is 11.9. The van der Waals surface area contributed by atoms with Crippen molar-refractivity contribution in [3.63, 3.8) is 0 Å². The number of H-pyrrole nitrogens is 1. The van der Waals surface area contributed by atoms with E-state index < -0.39 is 12.1 Å². The van der Waals surface area contributed by atoms with Gasteiger partial charge in [0.1, 0.15) is 10.7 Å².